The first-order valence-corrected chi connectivity index (χ1v) is 7.55. The highest BCUT2D eigenvalue weighted by Crippen LogP contribution is 2.25. The Morgan fingerprint density at radius 2 is 1.81 bits per heavy atom. The number of halogens is 1. The van der Waals surface area contributed by atoms with Crippen molar-refractivity contribution in [1.29, 1.82) is 0 Å². The number of carbonyl (C=O) groups is 2. The summed E-state index contributed by atoms with van der Waals surface area (Å²) in [5, 5.41) is 11.8. The van der Waals surface area contributed by atoms with Crippen LogP contribution in [0, 0.1) is 0 Å². The Morgan fingerprint density at radius 1 is 1.24 bits per heavy atom. The van der Waals surface area contributed by atoms with Crippen molar-refractivity contribution in [2.75, 3.05) is 0 Å². The maximum atomic E-state index is 12.2. The molecular formula is C15H18BrNO4. The summed E-state index contributed by atoms with van der Waals surface area (Å²) in [6.45, 7) is 3.80. The molecule has 2 rings (SSSR count). The average molecular weight is 356 g/mol. The summed E-state index contributed by atoms with van der Waals surface area (Å²) in [5.74, 6) is -1.29. The van der Waals surface area contributed by atoms with E-state index in [1.165, 1.54) is 0 Å². The molecule has 1 fully saturated rings. The van der Waals surface area contributed by atoms with E-state index in [1.807, 2.05) is 38.1 Å². The zero-order valence-electron chi connectivity index (χ0n) is 11.9. The number of carbonyl (C=O) groups excluding carboxylic acids is 1. The van der Waals surface area contributed by atoms with Crippen molar-refractivity contribution in [1.82, 2.24) is 5.32 Å². The Labute approximate surface area is 131 Å². The monoisotopic (exact) mass is 355 g/mol. The quantitative estimate of drug-likeness (QED) is 0.869. The summed E-state index contributed by atoms with van der Waals surface area (Å²) >= 11 is 3.37. The van der Waals surface area contributed by atoms with Crippen molar-refractivity contribution in [3.8, 4) is 0 Å². The lowest BCUT2D eigenvalue weighted by Gasteiger charge is -2.28. The molecule has 1 heterocycles. The first kappa shape index (κ1) is 16.0. The van der Waals surface area contributed by atoms with Crippen LogP contribution >= 0.6 is 15.9 Å². The Bertz CT molecular complexity index is 541. The molecule has 1 aromatic rings. The van der Waals surface area contributed by atoms with E-state index in [2.05, 4.69) is 21.2 Å². The van der Waals surface area contributed by atoms with Gasteiger partial charge in [-0.25, -0.2) is 4.79 Å². The van der Waals surface area contributed by atoms with E-state index < -0.39 is 23.7 Å². The Kier molecular flexibility index (Phi) is 4.68. The number of carboxylic acid groups (broad SMARTS) is 1. The van der Waals surface area contributed by atoms with E-state index in [9.17, 15) is 9.59 Å². The van der Waals surface area contributed by atoms with Crippen molar-refractivity contribution in [2.45, 2.75) is 44.4 Å². The normalized spacial score (nSPS) is 22.0. The van der Waals surface area contributed by atoms with Gasteiger partial charge in [-0.1, -0.05) is 28.1 Å². The van der Waals surface area contributed by atoms with E-state index in [0.717, 1.165) is 10.0 Å². The average Bonchev–Trinajstić information content (AvgIpc) is 2.88. The predicted molar refractivity (Wildman–Crippen MR) is 80.8 cm³/mol. The van der Waals surface area contributed by atoms with Gasteiger partial charge in [0.1, 0.15) is 6.10 Å². The standard InChI is InChI=1S/C15H18BrNO4/c1-15(2,9-3-5-10(16)6-4-9)17-13(18)11-7-8-12(21-11)14(19)20/h3-6,11-12H,7-8H2,1-2H3,(H,17,18)(H,19,20)/t11-,12+/m0/s1. The van der Waals surface area contributed by atoms with Crippen molar-refractivity contribution in [2.24, 2.45) is 0 Å². The molecule has 114 valence electrons. The van der Waals surface area contributed by atoms with E-state index in [-0.39, 0.29) is 5.91 Å². The fourth-order valence-corrected chi connectivity index (χ4v) is 2.60. The molecule has 1 saturated heterocycles. The number of aliphatic carboxylic acids is 1. The lowest BCUT2D eigenvalue weighted by atomic mass is 9.94. The predicted octanol–water partition coefficient (Wildman–Crippen LogP) is 2.43. The van der Waals surface area contributed by atoms with E-state index in [1.54, 1.807) is 0 Å². The molecule has 5 nitrogen and oxygen atoms in total. The van der Waals surface area contributed by atoms with Gasteiger partial charge in [-0.2, -0.15) is 0 Å². The largest absolute Gasteiger partial charge is 0.479 e. The van der Waals surface area contributed by atoms with Crippen LogP contribution in [0.25, 0.3) is 0 Å². The van der Waals surface area contributed by atoms with E-state index in [4.69, 9.17) is 9.84 Å². The topological polar surface area (TPSA) is 75.6 Å². The molecule has 2 atom stereocenters. The van der Waals surface area contributed by atoms with E-state index in [0.29, 0.717) is 12.8 Å². The SMILES string of the molecule is CC(C)(NC(=O)[C@@H]1CC[C@H](C(=O)O)O1)c1ccc(Br)cc1. The molecule has 0 aliphatic carbocycles. The van der Waals surface area contributed by atoms with Crippen LogP contribution in [0.4, 0.5) is 0 Å². The van der Waals surface area contributed by atoms with Crippen LogP contribution in [0.5, 0.6) is 0 Å². The number of nitrogens with one attached hydrogen (secondary N) is 1. The van der Waals surface area contributed by atoms with Crippen molar-refractivity contribution in [3.63, 3.8) is 0 Å². The molecule has 1 amide bonds. The highest BCUT2D eigenvalue weighted by molar-refractivity contribution is 9.10. The number of rotatable bonds is 4. The molecule has 1 aromatic carbocycles. The van der Waals surface area contributed by atoms with Crippen LogP contribution in [0.2, 0.25) is 0 Å². The minimum atomic E-state index is -1.02. The minimum absolute atomic E-state index is 0.272. The molecular weight excluding hydrogens is 338 g/mol. The molecule has 1 aliphatic heterocycles. The van der Waals surface area contributed by atoms with E-state index >= 15 is 0 Å². The molecule has 0 saturated carbocycles. The summed E-state index contributed by atoms with van der Waals surface area (Å²) in [5.41, 5.74) is 0.412. The maximum Gasteiger partial charge on any atom is 0.332 e. The van der Waals surface area contributed by atoms with Gasteiger partial charge >= 0.3 is 5.97 Å². The lowest BCUT2D eigenvalue weighted by Crippen LogP contribution is -2.46. The number of benzene rings is 1. The summed E-state index contributed by atoms with van der Waals surface area (Å²) in [4.78, 5) is 23.1. The van der Waals surface area contributed by atoms with Gasteiger partial charge in [-0.3, -0.25) is 4.79 Å². The molecule has 0 bridgehead atoms. The Balaban J connectivity index is 2.01. The van der Waals surface area contributed by atoms with Crippen LogP contribution < -0.4 is 5.32 Å². The minimum Gasteiger partial charge on any atom is -0.479 e. The molecule has 0 aromatic heterocycles. The van der Waals surface area contributed by atoms with Gasteiger partial charge in [0.25, 0.3) is 0 Å². The van der Waals surface area contributed by atoms with Crippen LogP contribution in [-0.4, -0.2) is 29.2 Å². The van der Waals surface area contributed by atoms with Gasteiger partial charge in [0.15, 0.2) is 6.10 Å². The number of carboxylic acids is 1. The highest BCUT2D eigenvalue weighted by atomic mass is 79.9. The van der Waals surface area contributed by atoms with Gasteiger partial charge in [-0.05, 0) is 44.4 Å². The third kappa shape index (κ3) is 3.83. The van der Waals surface area contributed by atoms with Crippen molar-refractivity contribution in [3.05, 3.63) is 34.3 Å². The van der Waals surface area contributed by atoms with Crippen LogP contribution in [0.3, 0.4) is 0 Å². The number of ether oxygens (including phenoxy) is 1. The smallest absolute Gasteiger partial charge is 0.332 e. The van der Waals surface area contributed by atoms with Gasteiger partial charge in [0.2, 0.25) is 5.91 Å². The highest BCUT2D eigenvalue weighted by Gasteiger charge is 2.36. The number of hydrogen-bond acceptors (Lipinski definition) is 3. The summed E-state index contributed by atoms with van der Waals surface area (Å²) < 4.78 is 6.24. The fourth-order valence-electron chi connectivity index (χ4n) is 2.34. The lowest BCUT2D eigenvalue weighted by molar-refractivity contribution is -0.152. The first-order chi connectivity index (χ1) is 9.79. The second kappa shape index (κ2) is 6.15. The Hall–Kier alpha value is -1.40. The van der Waals surface area contributed by atoms with Crippen LogP contribution in [0.15, 0.2) is 28.7 Å². The molecule has 6 heteroatoms. The third-order valence-electron chi connectivity index (χ3n) is 3.59. The van der Waals surface area contributed by atoms with Crippen molar-refractivity contribution >= 4 is 27.8 Å². The van der Waals surface area contributed by atoms with Crippen LogP contribution in [-0.2, 0) is 19.9 Å². The molecule has 0 unspecified atom stereocenters. The summed E-state index contributed by atoms with van der Waals surface area (Å²) in [6.07, 6.45) is -0.775. The fraction of sp³-hybridized carbons (Fsp3) is 0.467. The van der Waals surface area contributed by atoms with Gasteiger partial charge in [0.05, 0.1) is 5.54 Å². The third-order valence-corrected chi connectivity index (χ3v) is 4.12. The zero-order valence-corrected chi connectivity index (χ0v) is 13.5. The number of hydrogen-bond donors (Lipinski definition) is 2. The second-order valence-corrected chi connectivity index (χ2v) is 6.57. The molecule has 0 radical (unpaired) electrons. The number of amides is 1. The van der Waals surface area contributed by atoms with Gasteiger partial charge < -0.3 is 15.2 Å². The van der Waals surface area contributed by atoms with Crippen molar-refractivity contribution < 1.29 is 19.4 Å². The van der Waals surface area contributed by atoms with Crippen LogP contribution in [0.1, 0.15) is 32.3 Å². The molecule has 1 aliphatic rings. The maximum absolute atomic E-state index is 12.2. The second-order valence-electron chi connectivity index (χ2n) is 5.65. The molecule has 0 spiro atoms. The Morgan fingerprint density at radius 3 is 2.33 bits per heavy atom. The van der Waals surface area contributed by atoms with Gasteiger partial charge in [0, 0.05) is 4.47 Å². The molecule has 2 N–H and O–H groups in total. The summed E-state index contributed by atoms with van der Waals surface area (Å²) in [6, 6.07) is 7.69. The van der Waals surface area contributed by atoms with Gasteiger partial charge in [-0.15, -0.1) is 0 Å². The zero-order chi connectivity index (χ0) is 15.6. The first-order valence-electron chi connectivity index (χ1n) is 6.76. The summed E-state index contributed by atoms with van der Waals surface area (Å²) in [7, 11) is 0. The molecule has 21 heavy (non-hydrogen) atoms.